The molecule has 0 bridgehead atoms. The summed E-state index contributed by atoms with van der Waals surface area (Å²) in [6.07, 6.45) is -2.33. The number of methoxy groups -OCH3 is 2. The molecule has 376 valence electrons. The Morgan fingerprint density at radius 3 is 1.91 bits per heavy atom. The Balaban J connectivity index is 1.58. The second-order valence-electron chi connectivity index (χ2n) is 18.1. The Morgan fingerprint density at radius 2 is 1.39 bits per heavy atom. The molecule has 18 nitrogen and oxygen atoms in total. The Bertz CT molecular complexity index is 2550. The van der Waals surface area contributed by atoms with E-state index in [2.05, 4.69) is 21.7 Å². The number of rotatable bonds is 24. The summed E-state index contributed by atoms with van der Waals surface area (Å²) in [6.45, 7) is 16.4. The predicted octanol–water partition coefficient (Wildman–Crippen LogP) is 9.28. The highest BCUT2D eigenvalue weighted by Gasteiger charge is 2.54. The molecule has 2 N–H and O–H groups in total. The van der Waals surface area contributed by atoms with E-state index in [-0.39, 0.29) is 73.1 Å². The minimum absolute atomic E-state index is 0.0428. The molecule has 5 atom stereocenters. The molecule has 1 fully saturated rings. The molecule has 19 heteroatoms. The van der Waals surface area contributed by atoms with Gasteiger partial charge in [0.2, 0.25) is 17.8 Å². The number of hydrogen-bond acceptors (Lipinski definition) is 14. The number of imidazole rings is 1. The van der Waals surface area contributed by atoms with Crippen LogP contribution >= 0.6 is 7.75 Å². The maximum Gasteiger partial charge on any atom is 0.409 e. The average Bonchev–Trinajstić information content (AvgIpc) is 3.91. The van der Waals surface area contributed by atoms with Gasteiger partial charge in [-0.1, -0.05) is 89.2 Å². The molecule has 2 amide bonds. The van der Waals surface area contributed by atoms with Crippen LogP contribution in [0.15, 0.2) is 85.2 Å². The lowest BCUT2D eigenvalue weighted by molar-refractivity contribution is -0.119. The van der Waals surface area contributed by atoms with Gasteiger partial charge in [-0.15, -0.1) is 0 Å². The highest BCUT2D eigenvalue weighted by Crippen LogP contribution is 2.58. The Morgan fingerprint density at radius 1 is 0.814 bits per heavy atom. The molecule has 1 aliphatic rings. The van der Waals surface area contributed by atoms with Crippen molar-refractivity contribution in [2.45, 2.75) is 117 Å². The number of ether oxygens (including phenoxy) is 5. The van der Waals surface area contributed by atoms with E-state index in [1.807, 2.05) is 113 Å². The first-order chi connectivity index (χ1) is 33.5. The first-order valence-electron chi connectivity index (χ1n) is 23.7. The van der Waals surface area contributed by atoms with Crippen molar-refractivity contribution in [3.05, 3.63) is 102 Å². The van der Waals surface area contributed by atoms with E-state index in [1.165, 1.54) is 6.33 Å². The standard InChI is InChI=1S/C51H67N8O10P/c1-12-28-65-44-43(69-70(62,67-29-16-27-52)59(34(6)7)35(8)9)41(68-49(44)58-31-53-42-45(54-47(60)32(2)3)55-50(56-46(42)58)57-48(61)33(4)5)30-66-51(36-17-14-13-15-18-36,37-19-23-39(63-10)24-20-37)38-21-25-40(64-11)26-22-38/h13-15,17-26,31-35,41,43-44,49H,12,16,28-30H2,1-11H3,(H2,54,55,56,57,60,61)/t41-,43-,44-,49-,70?/m1/s1. The fraction of sp³-hybridized carbons (Fsp3) is 0.490. The first kappa shape index (κ1) is 53.6. The quantitative estimate of drug-likeness (QED) is 0.0335. The van der Waals surface area contributed by atoms with Gasteiger partial charge >= 0.3 is 7.75 Å². The molecule has 1 unspecified atom stereocenters. The molecule has 1 saturated heterocycles. The van der Waals surface area contributed by atoms with Gasteiger partial charge in [0.15, 0.2) is 23.2 Å². The van der Waals surface area contributed by atoms with Gasteiger partial charge in [0, 0.05) is 30.5 Å². The van der Waals surface area contributed by atoms with E-state index < -0.39 is 49.7 Å². The molecular weight excluding hydrogens is 916 g/mol. The third kappa shape index (κ3) is 11.9. The van der Waals surface area contributed by atoms with Crippen LogP contribution in [0.1, 0.15) is 98.1 Å². The number of aromatic nitrogens is 4. The van der Waals surface area contributed by atoms with Gasteiger partial charge < -0.3 is 29.0 Å². The van der Waals surface area contributed by atoms with Gasteiger partial charge in [-0.05, 0) is 75.1 Å². The van der Waals surface area contributed by atoms with Gasteiger partial charge in [0.25, 0.3) is 0 Å². The van der Waals surface area contributed by atoms with Crippen LogP contribution < -0.4 is 20.1 Å². The number of carbonyl (C=O) groups is 2. The number of nitrogens with one attached hydrogen (secondary N) is 2. The van der Waals surface area contributed by atoms with Gasteiger partial charge in [-0.3, -0.25) is 28.5 Å². The summed E-state index contributed by atoms with van der Waals surface area (Å²) < 4.78 is 64.5. The molecule has 70 heavy (non-hydrogen) atoms. The van der Waals surface area contributed by atoms with Gasteiger partial charge in [0.1, 0.15) is 35.4 Å². The molecule has 5 aromatic rings. The zero-order valence-electron chi connectivity index (χ0n) is 42.0. The summed E-state index contributed by atoms with van der Waals surface area (Å²) in [6, 6.07) is 26.4. The SMILES string of the molecule is CCCO[C@@H]1[C@H](OP(=O)(OCCC#N)N(C(C)C)C(C)C)[C@@H](COC(c2ccccc2)(c2ccc(OC)cc2)c2ccc(OC)cc2)O[C@H]1n1cnc2c(NC(=O)C(C)C)nc(NC(=O)C(C)C)nc21. The summed E-state index contributed by atoms with van der Waals surface area (Å²) in [5.41, 5.74) is 1.41. The number of anilines is 2. The molecule has 0 aliphatic carbocycles. The van der Waals surface area contributed by atoms with Gasteiger partial charge in [-0.2, -0.15) is 15.2 Å². The molecule has 0 saturated carbocycles. The predicted molar refractivity (Wildman–Crippen MR) is 265 cm³/mol. The summed E-state index contributed by atoms with van der Waals surface area (Å²) in [5, 5.41) is 15.2. The lowest BCUT2D eigenvalue weighted by Gasteiger charge is -2.39. The largest absolute Gasteiger partial charge is 0.497 e. The molecular formula is C51H67N8O10P. The van der Waals surface area contributed by atoms with Crippen molar-refractivity contribution in [1.29, 1.82) is 5.26 Å². The fourth-order valence-electron chi connectivity index (χ4n) is 8.34. The molecule has 0 spiro atoms. The van der Waals surface area contributed by atoms with Crippen LogP contribution in [-0.4, -0.2) is 100 Å². The van der Waals surface area contributed by atoms with Crippen molar-refractivity contribution < 1.29 is 46.9 Å². The van der Waals surface area contributed by atoms with E-state index in [0.29, 0.717) is 17.9 Å². The van der Waals surface area contributed by atoms with Crippen molar-refractivity contribution in [3.8, 4) is 17.6 Å². The molecule has 3 heterocycles. The molecule has 3 aromatic carbocycles. The van der Waals surface area contributed by atoms with Crippen LogP contribution in [0.2, 0.25) is 0 Å². The number of amides is 2. The van der Waals surface area contributed by atoms with Crippen molar-refractivity contribution in [2.24, 2.45) is 11.8 Å². The highest BCUT2D eigenvalue weighted by atomic mass is 31.2. The number of nitrogens with zero attached hydrogens (tertiary/aromatic N) is 6. The van der Waals surface area contributed by atoms with Crippen molar-refractivity contribution in [2.75, 3.05) is 44.7 Å². The Hall–Kier alpha value is -5.77. The number of fused-ring (bicyclic) bond motifs is 1. The van der Waals surface area contributed by atoms with E-state index in [1.54, 1.807) is 51.2 Å². The summed E-state index contributed by atoms with van der Waals surface area (Å²) in [5.74, 6) is -0.206. The topological polar surface area (TPSA) is 211 Å². The molecule has 2 aromatic heterocycles. The third-order valence-corrected chi connectivity index (χ3v) is 14.2. The van der Waals surface area contributed by atoms with Gasteiger partial charge in [-0.25, -0.2) is 14.2 Å². The van der Waals surface area contributed by atoms with E-state index in [0.717, 1.165) is 16.7 Å². The second kappa shape index (κ2) is 23.9. The number of benzene rings is 3. The lowest BCUT2D eigenvalue weighted by atomic mass is 9.80. The Kier molecular flexibility index (Phi) is 18.3. The van der Waals surface area contributed by atoms with Gasteiger partial charge in [0.05, 0.1) is 46.3 Å². The van der Waals surface area contributed by atoms with Crippen LogP contribution in [0.3, 0.4) is 0 Å². The van der Waals surface area contributed by atoms with Crippen molar-refractivity contribution in [1.82, 2.24) is 24.2 Å². The normalized spacial score (nSPS) is 18.2. The zero-order chi connectivity index (χ0) is 50.8. The van der Waals surface area contributed by atoms with E-state index >= 15 is 4.57 Å². The molecule has 6 rings (SSSR count). The minimum atomic E-state index is -4.31. The van der Waals surface area contributed by atoms with Crippen LogP contribution in [0.4, 0.5) is 11.8 Å². The van der Waals surface area contributed by atoms with Crippen molar-refractivity contribution >= 4 is 42.5 Å². The summed E-state index contributed by atoms with van der Waals surface area (Å²) >= 11 is 0. The highest BCUT2D eigenvalue weighted by molar-refractivity contribution is 7.51. The number of hydrogen-bond donors (Lipinski definition) is 2. The van der Waals surface area contributed by atoms with E-state index in [4.69, 9.17) is 42.7 Å². The van der Waals surface area contributed by atoms with Crippen molar-refractivity contribution in [3.63, 3.8) is 0 Å². The summed E-state index contributed by atoms with van der Waals surface area (Å²) in [4.78, 5) is 40.2. The maximum atomic E-state index is 15.7. The number of carbonyl (C=O) groups excluding carboxylic acids is 2. The van der Waals surface area contributed by atoms with Crippen LogP contribution in [0, 0.1) is 23.2 Å². The first-order valence-corrected chi connectivity index (χ1v) is 25.2. The van der Waals surface area contributed by atoms with Crippen LogP contribution in [0.5, 0.6) is 11.5 Å². The lowest BCUT2D eigenvalue weighted by Crippen LogP contribution is -2.44. The smallest absolute Gasteiger partial charge is 0.409 e. The Labute approximate surface area is 410 Å². The molecule has 0 radical (unpaired) electrons. The molecule has 1 aliphatic heterocycles. The monoisotopic (exact) mass is 982 g/mol. The maximum absolute atomic E-state index is 15.7. The average molecular weight is 983 g/mol. The fourth-order valence-corrected chi connectivity index (χ4v) is 10.7. The second-order valence-corrected chi connectivity index (χ2v) is 19.9. The third-order valence-electron chi connectivity index (χ3n) is 11.7. The van der Waals surface area contributed by atoms with E-state index in [9.17, 15) is 14.9 Å². The zero-order valence-corrected chi connectivity index (χ0v) is 42.8. The number of nitriles is 1. The minimum Gasteiger partial charge on any atom is -0.497 e. The van der Waals surface area contributed by atoms with Crippen LogP contribution in [0.25, 0.3) is 11.2 Å². The van der Waals surface area contributed by atoms with Crippen LogP contribution in [-0.2, 0) is 43.0 Å². The summed E-state index contributed by atoms with van der Waals surface area (Å²) in [7, 11) is -1.10.